The molecule has 1 N–H and O–H groups in total. The molecule has 0 aromatic heterocycles. The van der Waals surface area contributed by atoms with Gasteiger partial charge in [0, 0.05) is 43.5 Å². The number of piperazine rings is 1. The van der Waals surface area contributed by atoms with Crippen molar-refractivity contribution in [2.24, 2.45) is 0 Å². The maximum Gasteiger partial charge on any atom is 0.274 e. The number of nitro benzene ring substituents is 1. The maximum atomic E-state index is 13.1. The van der Waals surface area contributed by atoms with Crippen LogP contribution in [0.2, 0.25) is 0 Å². The minimum Gasteiger partial charge on any atom is -0.376 e. The van der Waals surface area contributed by atoms with Crippen LogP contribution in [0.5, 0.6) is 0 Å². The first-order valence-electron chi connectivity index (χ1n) is 10.5. The number of nitrogens with zero attached hydrogens (tertiary/aromatic N) is 3. The first-order valence-corrected chi connectivity index (χ1v) is 12.0. The Labute approximate surface area is 191 Å². The number of rotatable bonds is 6. The zero-order valence-corrected chi connectivity index (χ0v) is 18.9. The van der Waals surface area contributed by atoms with Crippen LogP contribution in [0.4, 0.5) is 11.4 Å². The Bertz CT molecular complexity index is 1320. The van der Waals surface area contributed by atoms with Gasteiger partial charge in [0.2, 0.25) is 15.9 Å². The van der Waals surface area contributed by atoms with Gasteiger partial charge in [0.15, 0.2) is 0 Å². The quantitative estimate of drug-likeness (QED) is 0.440. The van der Waals surface area contributed by atoms with Crippen LogP contribution in [0.3, 0.4) is 0 Å². The summed E-state index contributed by atoms with van der Waals surface area (Å²) < 4.78 is 27.6. The molecule has 0 atom stereocenters. The summed E-state index contributed by atoms with van der Waals surface area (Å²) in [7, 11) is -3.66. The van der Waals surface area contributed by atoms with E-state index in [1.165, 1.54) is 10.4 Å². The molecular weight excluding hydrogens is 444 g/mol. The molecule has 0 bridgehead atoms. The van der Waals surface area contributed by atoms with Gasteiger partial charge in [0.05, 0.1) is 16.4 Å². The van der Waals surface area contributed by atoms with Gasteiger partial charge in [0.1, 0.15) is 0 Å². The fourth-order valence-corrected chi connectivity index (χ4v) is 5.41. The first kappa shape index (κ1) is 22.7. The molecule has 3 aromatic carbocycles. The lowest BCUT2D eigenvalue weighted by atomic mass is 10.1. The number of hydrogen-bond acceptors (Lipinski definition) is 6. The topological polar surface area (TPSA) is 113 Å². The minimum atomic E-state index is -3.66. The molecular formula is C23H24N4O5S. The van der Waals surface area contributed by atoms with Gasteiger partial charge in [-0.25, -0.2) is 8.42 Å². The predicted molar refractivity (Wildman–Crippen MR) is 126 cm³/mol. The van der Waals surface area contributed by atoms with E-state index in [-0.39, 0.29) is 49.2 Å². The summed E-state index contributed by atoms with van der Waals surface area (Å²) in [6, 6.07) is 17.3. The van der Waals surface area contributed by atoms with Crippen LogP contribution in [0, 0.1) is 17.0 Å². The van der Waals surface area contributed by atoms with E-state index in [1.54, 1.807) is 42.2 Å². The summed E-state index contributed by atoms with van der Waals surface area (Å²) in [5.41, 5.74) is 0.969. The van der Waals surface area contributed by atoms with E-state index in [1.807, 2.05) is 24.3 Å². The molecule has 1 aliphatic heterocycles. The third-order valence-electron chi connectivity index (χ3n) is 5.88. The summed E-state index contributed by atoms with van der Waals surface area (Å²) in [6.07, 6.45) is 0. The van der Waals surface area contributed by atoms with E-state index in [9.17, 15) is 23.3 Å². The van der Waals surface area contributed by atoms with Crippen molar-refractivity contribution in [2.45, 2.75) is 11.8 Å². The highest BCUT2D eigenvalue weighted by Gasteiger charge is 2.30. The molecule has 0 aliphatic carbocycles. The first-order chi connectivity index (χ1) is 15.8. The van der Waals surface area contributed by atoms with Gasteiger partial charge < -0.3 is 10.2 Å². The molecule has 33 heavy (non-hydrogen) atoms. The third-order valence-corrected chi connectivity index (χ3v) is 7.78. The van der Waals surface area contributed by atoms with Crippen molar-refractivity contribution < 1.29 is 18.1 Å². The van der Waals surface area contributed by atoms with Gasteiger partial charge in [-0.1, -0.05) is 36.4 Å². The average molecular weight is 469 g/mol. The number of nitrogens with one attached hydrogen (secondary N) is 1. The zero-order chi connectivity index (χ0) is 23.6. The second-order valence-corrected chi connectivity index (χ2v) is 9.79. The molecule has 0 saturated carbocycles. The lowest BCUT2D eigenvalue weighted by molar-refractivity contribution is -0.385. The van der Waals surface area contributed by atoms with Crippen molar-refractivity contribution in [3.8, 4) is 0 Å². The Kier molecular flexibility index (Phi) is 6.30. The van der Waals surface area contributed by atoms with Gasteiger partial charge in [-0.3, -0.25) is 14.9 Å². The summed E-state index contributed by atoms with van der Waals surface area (Å²) >= 11 is 0. The zero-order valence-electron chi connectivity index (χ0n) is 18.1. The number of nitro groups is 1. The molecule has 4 rings (SSSR count). The van der Waals surface area contributed by atoms with Crippen LogP contribution in [0.15, 0.2) is 65.6 Å². The normalized spacial score (nSPS) is 14.9. The molecule has 1 aliphatic rings. The van der Waals surface area contributed by atoms with Gasteiger partial charge in [0.25, 0.3) is 5.69 Å². The number of sulfonamides is 1. The van der Waals surface area contributed by atoms with Crippen LogP contribution in [0.25, 0.3) is 10.8 Å². The van der Waals surface area contributed by atoms with E-state index in [4.69, 9.17) is 0 Å². The summed E-state index contributed by atoms with van der Waals surface area (Å²) in [5.74, 6) is -0.191. The van der Waals surface area contributed by atoms with Crippen LogP contribution in [-0.4, -0.2) is 61.2 Å². The smallest absolute Gasteiger partial charge is 0.274 e. The molecule has 9 nitrogen and oxygen atoms in total. The number of fused-ring (bicyclic) bond motifs is 1. The monoisotopic (exact) mass is 468 g/mol. The van der Waals surface area contributed by atoms with E-state index in [0.717, 1.165) is 10.8 Å². The van der Waals surface area contributed by atoms with E-state index in [2.05, 4.69) is 5.32 Å². The van der Waals surface area contributed by atoms with Gasteiger partial charge in [-0.05, 0) is 35.9 Å². The molecule has 0 radical (unpaired) electrons. The molecule has 172 valence electrons. The maximum absolute atomic E-state index is 13.1. The highest BCUT2D eigenvalue weighted by Crippen LogP contribution is 2.25. The molecule has 1 heterocycles. The lowest BCUT2D eigenvalue weighted by Crippen LogP contribution is -2.51. The highest BCUT2D eigenvalue weighted by atomic mass is 32.2. The molecule has 1 amide bonds. The van der Waals surface area contributed by atoms with Crippen molar-refractivity contribution >= 4 is 38.1 Å². The standard InChI is InChI=1S/C23H24N4O5S/c1-17-21(7-4-8-22(17)27(29)30)24-16-23(28)25-11-13-26(14-12-25)33(31,32)20-10-9-18-5-2-3-6-19(18)15-20/h2-10,15,24H,11-14,16H2,1H3. The summed E-state index contributed by atoms with van der Waals surface area (Å²) in [5, 5.41) is 15.9. The van der Waals surface area contributed by atoms with E-state index < -0.39 is 14.9 Å². The SMILES string of the molecule is Cc1c(NCC(=O)N2CCN(S(=O)(=O)c3ccc4ccccc4c3)CC2)cccc1[N+](=O)[O-]. The molecule has 1 fully saturated rings. The molecule has 1 saturated heterocycles. The molecule has 3 aromatic rings. The number of carbonyl (C=O) groups excluding carboxylic acids is 1. The van der Waals surface area contributed by atoms with Crippen molar-refractivity contribution in [1.29, 1.82) is 0 Å². The Hall–Kier alpha value is -3.50. The number of carbonyl (C=O) groups is 1. The minimum absolute atomic E-state index is 0.0139. The number of anilines is 1. The molecule has 0 spiro atoms. The van der Waals surface area contributed by atoms with Crippen LogP contribution in [-0.2, 0) is 14.8 Å². The van der Waals surface area contributed by atoms with E-state index >= 15 is 0 Å². The highest BCUT2D eigenvalue weighted by molar-refractivity contribution is 7.89. The fraction of sp³-hybridized carbons (Fsp3) is 0.261. The summed E-state index contributed by atoms with van der Waals surface area (Å²) in [4.78, 5) is 25.1. The average Bonchev–Trinajstić information content (AvgIpc) is 2.82. The fourth-order valence-electron chi connectivity index (χ4n) is 3.95. The number of amides is 1. The second kappa shape index (κ2) is 9.16. The van der Waals surface area contributed by atoms with Gasteiger partial charge in [-0.2, -0.15) is 4.31 Å². The number of benzene rings is 3. The van der Waals surface area contributed by atoms with Crippen molar-refractivity contribution in [2.75, 3.05) is 38.0 Å². The Morgan fingerprint density at radius 2 is 1.70 bits per heavy atom. The Morgan fingerprint density at radius 3 is 2.39 bits per heavy atom. The molecule has 0 unspecified atom stereocenters. The van der Waals surface area contributed by atoms with E-state index in [0.29, 0.717) is 11.3 Å². The Morgan fingerprint density at radius 1 is 1.00 bits per heavy atom. The Balaban J connectivity index is 1.37. The lowest BCUT2D eigenvalue weighted by Gasteiger charge is -2.34. The van der Waals surface area contributed by atoms with Crippen molar-refractivity contribution in [3.05, 3.63) is 76.3 Å². The van der Waals surface area contributed by atoms with Crippen LogP contribution in [0.1, 0.15) is 5.56 Å². The van der Waals surface area contributed by atoms with Gasteiger partial charge >= 0.3 is 0 Å². The van der Waals surface area contributed by atoms with Gasteiger partial charge in [-0.15, -0.1) is 0 Å². The largest absolute Gasteiger partial charge is 0.376 e. The third kappa shape index (κ3) is 4.67. The molecule has 10 heteroatoms. The second-order valence-electron chi connectivity index (χ2n) is 7.85. The van der Waals surface area contributed by atoms with Crippen molar-refractivity contribution in [1.82, 2.24) is 9.21 Å². The van der Waals surface area contributed by atoms with Crippen molar-refractivity contribution in [3.63, 3.8) is 0 Å². The van der Waals surface area contributed by atoms with Crippen LogP contribution >= 0.6 is 0 Å². The number of hydrogen-bond donors (Lipinski definition) is 1. The van der Waals surface area contributed by atoms with Crippen LogP contribution < -0.4 is 5.32 Å². The predicted octanol–water partition coefficient (Wildman–Crippen LogP) is 3.00. The summed E-state index contributed by atoms with van der Waals surface area (Å²) in [6.45, 7) is 2.57.